The van der Waals surface area contributed by atoms with Gasteiger partial charge in [-0.2, -0.15) is 0 Å². The summed E-state index contributed by atoms with van der Waals surface area (Å²) >= 11 is 0. The van der Waals surface area contributed by atoms with Crippen LogP contribution in [0, 0.1) is 5.92 Å². The first-order chi connectivity index (χ1) is 8.83. The summed E-state index contributed by atoms with van der Waals surface area (Å²) in [6, 6.07) is 0.838. The smallest absolute Gasteiger partial charge is 0.0235 e. The van der Waals surface area contributed by atoms with E-state index in [0.717, 1.165) is 18.5 Å². The van der Waals surface area contributed by atoms with Crippen molar-refractivity contribution in [3.05, 3.63) is 0 Å². The van der Waals surface area contributed by atoms with Crippen LogP contribution in [0.4, 0.5) is 0 Å². The largest absolute Gasteiger partial charge is 0.330 e. The van der Waals surface area contributed by atoms with Gasteiger partial charge in [0.05, 0.1) is 0 Å². The molecule has 0 bridgehead atoms. The van der Waals surface area contributed by atoms with Gasteiger partial charge < -0.3 is 10.6 Å². The Labute approximate surface area is 113 Å². The molecule has 18 heavy (non-hydrogen) atoms. The fraction of sp³-hybridized carbons (Fsp3) is 1.00. The minimum atomic E-state index is 0.718. The molecule has 0 aliphatic carbocycles. The van der Waals surface area contributed by atoms with Gasteiger partial charge in [0.2, 0.25) is 0 Å². The second-order valence-electron chi connectivity index (χ2n) is 6.19. The molecule has 3 nitrogen and oxygen atoms in total. The molecule has 2 aliphatic heterocycles. The van der Waals surface area contributed by atoms with Crippen molar-refractivity contribution in [2.24, 2.45) is 11.7 Å². The molecule has 2 fully saturated rings. The molecule has 0 aromatic heterocycles. The zero-order valence-electron chi connectivity index (χ0n) is 12.1. The number of hydrogen-bond donors (Lipinski definition) is 1. The molecule has 0 saturated carbocycles. The van der Waals surface area contributed by atoms with Crippen molar-refractivity contribution < 1.29 is 0 Å². The minimum Gasteiger partial charge on any atom is -0.330 e. The molecule has 0 radical (unpaired) electrons. The molecule has 2 heterocycles. The van der Waals surface area contributed by atoms with Crippen LogP contribution in [0.15, 0.2) is 0 Å². The summed E-state index contributed by atoms with van der Waals surface area (Å²) in [4.78, 5) is 5.40. The highest BCUT2D eigenvalue weighted by atomic mass is 15.3. The van der Waals surface area contributed by atoms with E-state index in [0.29, 0.717) is 0 Å². The van der Waals surface area contributed by atoms with Crippen LogP contribution < -0.4 is 5.73 Å². The summed E-state index contributed by atoms with van der Waals surface area (Å²) in [6.07, 6.45) is 8.21. The van der Waals surface area contributed by atoms with E-state index in [1.807, 2.05) is 0 Å². The van der Waals surface area contributed by atoms with Crippen molar-refractivity contribution in [2.75, 3.05) is 39.3 Å². The van der Waals surface area contributed by atoms with Crippen molar-refractivity contribution in [2.45, 2.75) is 51.5 Å². The summed E-state index contributed by atoms with van der Waals surface area (Å²) in [5.41, 5.74) is 5.88. The van der Waals surface area contributed by atoms with Gasteiger partial charge in [0.15, 0.2) is 0 Å². The minimum absolute atomic E-state index is 0.718. The van der Waals surface area contributed by atoms with Crippen LogP contribution in [0.5, 0.6) is 0 Å². The average Bonchev–Trinajstić information content (AvgIpc) is 2.88. The molecule has 0 spiro atoms. The standard InChI is InChI=1S/C15H31N3/c1-2-6-14(11-16)12-17-10-7-15(13-17)18-8-4-3-5-9-18/h14-15H,2-13,16H2,1H3. The van der Waals surface area contributed by atoms with E-state index in [-0.39, 0.29) is 0 Å². The van der Waals surface area contributed by atoms with Gasteiger partial charge in [0, 0.05) is 19.1 Å². The number of nitrogens with two attached hydrogens (primary N) is 1. The number of likely N-dealkylation sites (tertiary alicyclic amines) is 2. The van der Waals surface area contributed by atoms with Gasteiger partial charge in [-0.1, -0.05) is 19.8 Å². The molecular formula is C15H31N3. The summed E-state index contributed by atoms with van der Waals surface area (Å²) in [6.45, 7) is 9.62. The van der Waals surface area contributed by atoms with E-state index in [1.165, 1.54) is 71.2 Å². The first-order valence-corrected chi connectivity index (χ1v) is 8.00. The van der Waals surface area contributed by atoms with Crippen molar-refractivity contribution in [3.8, 4) is 0 Å². The predicted molar refractivity (Wildman–Crippen MR) is 77.7 cm³/mol. The molecule has 0 aromatic rings. The molecular weight excluding hydrogens is 222 g/mol. The lowest BCUT2D eigenvalue weighted by atomic mass is 10.0. The first kappa shape index (κ1) is 14.3. The lowest BCUT2D eigenvalue weighted by molar-refractivity contribution is 0.158. The van der Waals surface area contributed by atoms with Gasteiger partial charge in [-0.05, 0) is 57.8 Å². The second kappa shape index (κ2) is 7.46. The van der Waals surface area contributed by atoms with Crippen molar-refractivity contribution in [1.82, 2.24) is 9.80 Å². The van der Waals surface area contributed by atoms with Crippen LogP contribution in [-0.2, 0) is 0 Å². The summed E-state index contributed by atoms with van der Waals surface area (Å²) in [7, 11) is 0. The van der Waals surface area contributed by atoms with Gasteiger partial charge in [0.1, 0.15) is 0 Å². The quantitative estimate of drug-likeness (QED) is 0.785. The molecule has 2 atom stereocenters. The molecule has 2 rings (SSSR count). The van der Waals surface area contributed by atoms with Crippen LogP contribution in [-0.4, -0.2) is 55.1 Å². The molecule has 106 valence electrons. The molecule has 0 aromatic carbocycles. The maximum Gasteiger partial charge on any atom is 0.0235 e. The SMILES string of the molecule is CCCC(CN)CN1CCC(N2CCCCC2)C1. The Morgan fingerprint density at radius 1 is 1.17 bits per heavy atom. The van der Waals surface area contributed by atoms with Gasteiger partial charge in [-0.15, -0.1) is 0 Å². The first-order valence-electron chi connectivity index (χ1n) is 8.00. The number of rotatable bonds is 6. The van der Waals surface area contributed by atoms with Crippen molar-refractivity contribution in [1.29, 1.82) is 0 Å². The lowest BCUT2D eigenvalue weighted by Gasteiger charge is -2.32. The summed E-state index contributed by atoms with van der Waals surface area (Å²) in [5, 5.41) is 0. The van der Waals surface area contributed by atoms with Gasteiger partial charge in [0.25, 0.3) is 0 Å². The highest BCUT2D eigenvalue weighted by Crippen LogP contribution is 2.21. The fourth-order valence-electron chi connectivity index (χ4n) is 3.62. The van der Waals surface area contributed by atoms with Gasteiger partial charge in [-0.25, -0.2) is 0 Å². The number of nitrogens with zero attached hydrogens (tertiary/aromatic N) is 2. The normalized spacial score (nSPS) is 28.7. The highest BCUT2D eigenvalue weighted by Gasteiger charge is 2.29. The van der Waals surface area contributed by atoms with Crippen LogP contribution in [0.25, 0.3) is 0 Å². The van der Waals surface area contributed by atoms with Crippen LogP contribution in [0.1, 0.15) is 45.4 Å². The third kappa shape index (κ3) is 3.94. The summed E-state index contributed by atoms with van der Waals surface area (Å²) < 4.78 is 0. The Balaban J connectivity index is 1.73. The van der Waals surface area contributed by atoms with Crippen LogP contribution in [0.3, 0.4) is 0 Å². The molecule has 0 amide bonds. The van der Waals surface area contributed by atoms with E-state index in [9.17, 15) is 0 Å². The van der Waals surface area contributed by atoms with Gasteiger partial charge in [-0.3, -0.25) is 4.90 Å². The van der Waals surface area contributed by atoms with E-state index >= 15 is 0 Å². The Hall–Kier alpha value is -0.120. The molecule has 2 N–H and O–H groups in total. The van der Waals surface area contributed by atoms with Crippen LogP contribution >= 0.6 is 0 Å². The third-order valence-corrected chi connectivity index (χ3v) is 4.70. The Kier molecular flexibility index (Phi) is 5.93. The Bertz CT molecular complexity index is 226. The monoisotopic (exact) mass is 253 g/mol. The number of piperidine rings is 1. The van der Waals surface area contributed by atoms with Crippen molar-refractivity contribution >= 4 is 0 Å². The fourth-order valence-corrected chi connectivity index (χ4v) is 3.62. The van der Waals surface area contributed by atoms with E-state index in [2.05, 4.69) is 16.7 Å². The van der Waals surface area contributed by atoms with E-state index < -0.39 is 0 Å². The maximum absolute atomic E-state index is 5.88. The number of hydrogen-bond acceptors (Lipinski definition) is 3. The van der Waals surface area contributed by atoms with Crippen molar-refractivity contribution in [3.63, 3.8) is 0 Å². The average molecular weight is 253 g/mol. The molecule has 2 saturated heterocycles. The predicted octanol–water partition coefficient (Wildman–Crippen LogP) is 1.92. The zero-order chi connectivity index (χ0) is 12.8. The second-order valence-corrected chi connectivity index (χ2v) is 6.19. The van der Waals surface area contributed by atoms with E-state index in [1.54, 1.807) is 0 Å². The van der Waals surface area contributed by atoms with E-state index in [4.69, 9.17) is 5.73 Å². The summed E-state index contributed by atoms with van der Waals surface area (Å²) in [5.74, 6) is 0.718. The maximum atomic E-state index is 5.88. The molecule has 2 unspecified atom stereocenters. The topological polar surface area (TPSA) is 32.5 Å². The Morgan fingerprint density at radius 3 is 2.61 bits per heavy atom. The molecule has 3 heteroatoms. The van der Waals surface area contributed by atoms with Gasteiger partial charge >= 0.3 is 0 Å². The molecule has 2 aliphatic rings. The zero-order valence-corrected chi connectivity index (χ0v) is 12.1. The Morgan fingerprint density at radius 2 is 1.94 bits per heavy atom. The lowest BCUT2D eigenvalue weighted by Crippen LogP contribution is -2.41. The van der Waals surface area contributed by atoms with Crippen LogP contribution in [0.2, 0.25) is 0 Å². The third-order valence-electron chi connectivity index (χ3n) is 4.70. The highest BCUT2D eigenvalue weighted by molar-refractivity contribution is 4.85.